The van der Waals surface area contributed by atoms with Gasteiger partial charge in [-0.25, -0.2) is 0 Å². The fourth-order valence-electron chi connectivity index (χ4n) is 3.99. The van der Waals surface area contributed by atoms with E-state index in [1.165, 1.54) is 43.5 Å². The molecule has 0 amide bonds. The van der Waals surface area contributed by atoms with Crippen molar-refractivity contribution in [2.45, 2.75) is 77.3 Å². The van der Waals surface area contributed by atoms with E-state index in [9.17, 15) is 0 Å². The van der Waals surface area contributed by atoms with E-state index in [0.717, 1.165) is 5.92 Å². The Morgan fingerprint density at radius 1 is 1.19 bits per heavy atom. The number of nitrogens with zero attached hydrogens (tertiary/aromatic N) is 1. The predicted molar refractivity (Wildman–Crippen MR) is 88.3 cm³/mol. The summed E-state index contributed by atoms with van der Waals surface area (Å²) in [5, 5.41) is 3.80. The van der Waals surface area contributed by atoms with Gasteiger partial charge in [-0.1, -0.05) is 33.8 Å². The average molecular weight is 286 g/mol. The van der Waals surface area contributed by atoms with Crippen molar-refractivity contribution in [1.82, 2.24) is 10.3 Å². The zero-order valence-corrected chi connectivity index (χ0v) is 14.0. The Kier molecular flexibility index (Phi) is 4.09. The second-order valence-corrected chi connectivity index (χ2v) is 7.88. The van der Waals surface area contributed by atoms with Gasteiger partial charge < -0.3 is 5.32 Å². The maximum Gasteiger partial charge on any atom is 0.0576 e. The number of hydrogen-bond acceptors (Lipinski definition) is 2. The average Bonchev–Trinajstić information content (AvgIpc) is 3.14. The van der Waals surface area contributed by atoms with Crippen molar-refractivity contribution in [1.29, 1.82) is 0 Å². The Labute approximate surface area is 129 Å². The van der Waals surface area contributed by atoms with Crippen molar-refractivity contribution in [2.24, 2.45) is 11.8 Å². The minimum atomic E-state index is 0.381. The number of hydrogen-bond donors (Lipinski definition) is 1. The highest BCUT2D eigenvalue weighted by atomic mass is 15.0. The second kappa shape index (κ2) is 5.72. The van der Waals surface area contributed by atoms with Crippen LogP contribution in [0.1, 0.15) is 77.2 Å². The lowest BCUT2D eigenvalue weighted by molar-refractivity contribution is 0.441. The molecule has 1 aliphatic heterocycles. The molecule has 0 radical (unpaired) electrons. The summed E-state index contributed by atoms with van der Waals surface area (Å²) in [6.07, 6.45) is 6.45. The summed E-state index contributed by atoms with van der Waals surface area (Å²) in [5.41, 5.74) is 2.99. The van der Waals surface area contributed by atoms with Crippen molar-refractivity contribution in [3.8, 4) is 0 Å². The molecule has 2 unspecified atom stereocenters. The van der Waals surface area contributed by atoms with Crippen LogP contribution < -0.4 is 5.32 Å². The minimum absolute atomic E-state index is 0.381. The summed E-state index contributed by atoms with van der Waals surface area (Å²) < 4.78 is 0. The zero-order valence-electron chi connectivity index (χ0n) is 14.0. The van der Waals surface area contributed by atoms with E-state index in [1.807, 2.05) is 0 Å². The van der Waals surface area contributed by atoms with Gasteiger partial charge in [0.05, 0.1) is 5.69 Å². The number of nitrogens with one attached hydrogen (secondary N) is 1. The Balaban J connectivity index is 1.73. The van der Waals surface area contributed by atoms with Crippen LogP contribution in [0.2, 0.25) is 0 Å². The van der Waals surface area contributed by atoms with Crippen LogP contribution in [0.4, 0.5) is 0 Å². The van der Waals surface area contributed by atoms with E-state index in [4.69, 9.17) is 4.98 Å². The van der Waals surface area contributed by atoms with Crippen LogP contribution in [0.25, 0.3) is 0 Å². The SMILES string of the molecule is CC(C)CC1CCC(c2cccc(C3(C(C)C)CC3)n2)N1. The van der Waals surface area contributed by atoms with Crippen LogP contribution in [0, 0.1) is 11.8 Å². The van der Waals surface area contributed by atoms with Gasteiger partial charge in [-0.15, -0.1) is 0 Å². The lowest BCUT2D eigenvalue weighted by atomic mass is 9.88. The molecule has 2 fully saturated rings. The van der Waals surface area contributed by atoms with Crippen LogP contribution in [0.15, 0.2) is 18.2 Å². The molecule has 1 aromatic heterocycles. The summed E-state index contributed by atoms with van der Waals surface area (Å²) in [7, 11) is 0. The quantitative estimate of drug-likeness (QED) is 0.855. The van der Waals surface area contributed by atoms with Gasteiger partial charge in [-0.05, 0) is 56.1 Å². The predicted octanol–water partition coefficient (Wildman–Crippen LogP) is 4.61. The van der Waals surface area contributed by atoms with Gasteiger partial charge >= 0.3 is 0 Å². The third-order valence-corrected chi connectivity index (χ3v) is 5.53. The molecule has 1 saturated heterocycles. The van der Waals surface area contributed by atoms with Crippen LogP contribution in [-0.2, 0) is 5.41 Å². The topological polar surface area (TPSA) is 24.9 Å². The van der Waals surface area contributed by atoms with Crippen LogP contribution in [0.5, 0.6) is 0 Å². The molecule has 2 atom stereocenters. The molecule has 116 valence electrons. The van der Waals surface area contributed by atoms with Gasteiger partial charge in [0.25, 0.3) is 0 Å². The maximum atomic E-state index is 5.06. The van der Waals surface area contributed by atoms with Gasteiger partial charge in [-0.3, -0.25) is 4.98 Å². The molecule has 2 nitrogen and oxygen atoms in total. The number of aromatic nitrogens is 1. The van der Waals surface area contributed by atoms with Crippen molar-refractivity contribution in [3.05, 3.63) is 29.6 Å². The Hall–Kier alpha value is -0.890. The molecule has 0 bridgehead atoms. The molecule has 1 aromatic rings. The van der Waals surface area contributed by atoms with Crippen molar-refractivity contribution < 1.29 is 0 Å². The highest BCUT2D eigenvalue weighted by Crippen LogP contribution is 2.53. The largest absolute Gasteiger partial charge is 0.306 e. The smallest absolute Gasteiger partial charge is 0.0576 e. The van der Waals surface area contributed by atoms with E-state index in [1.54, 1.807) is 0 Å². The van der Waals surface area contributed by atoms with Gasteiger partial charge in [0.1, 0.15) is 0 Å². The van der Waals surface area contributed by atoms with E-state index in [-0.39, 0.29) is 0 Å². The van der Waals surface area contributed by atoms with Crippen LogP contribution >= 0.6 is 0 Å². The summed E-state index contributed by atoms with van der Waals surface area (Å²) in [4.78, 5) is 5.06. The van der Waals surface area contributed by atoms with E-state index < -0.39 is 0 Å². The molecule has 21 heavy (non-hydrogen) atoms. The van der Waals surface area contributed by atoms with Crippen molar-refractivity contribution >= 4 is 0 Å². The van der Waals surface area contributed by atoms with Gasteiger partial charge in [0, 0.05) is 23.2 Å². The fourth-order valence-corrected chi connectivity index (χ4v) is 3.99. The van der Waals surface area contributed by atoms with E-state index in [2.05, 4.69) is 51.2 Å². The molecule has 2 heterocycles. The molecule has 2 aliphatic rings. The lowest BCUT2D eigenvalue weighted by Gasteiger charge is -2.21. The van der Waals surface area contributed by atoms with Crippen LogP contribution in [0.3, 0.4) is 0 Å². The molecule has 0 spiro atoms. The zero-order chi connectivity index (χ0) is 15.0. The Morgan fingerprint density at radius 2 is 1.95 bits per heavy atom. The third kappa shape index (κ3) is 3.01. The molecule has 1 saturated carbocycles. The van der Waals surface area contributed by atoms with Gasteiger partial charge in [0.15, 0.2) is 0 Å². The first-order valence-electron chi connectivity index (χ1n) is 8.75. The maximum absolute atomic E-state index is 5.06. The first-order chi connectivity index (χ1) is 10.0. The monoisotopic (exact) mass is 286 g/mol. The number of pyridine rings is 1. The first kappa shape index (κ1) is 15.0. The standard InChI is InChI=1S/C19H30N2/c1-13(2)12-15-8-9-17(20-15)16-6-5-7-18(21-16)19(10-11-19)14(3)4/h5-7,13-15,17,20H,8-12H2,1-4H3. The van der Waals surface area contributed by atoms with Crippen molar-refractivity contribution in [2.75, 3.05) is 0 Å². The Bertz CT molecular complexity index is 488. The summed E-state index contributed by atoms with van der Waals surface area (Å²) >= 11 is 0. The fraction of sp³-hybridized carbons (Fsp3) is 0.737. The van der Waals surface area contributed by atoms with E-state index >= 15 is 0 Å². The summed E-state index contributed by atoms with van der Waals surface area (Å²) in [6, 6.07) is 7.83. The van der Waals surface area contributed by atoms with Crippen LogP contribution in [-0.4, -0.2) is 11.0 Å². The molecular weight excluding hydrogens is 256 g/mol. The highest BCUT2D eigenvalue weighted by Gasteiger charge is 2.48. The number of rotatable bonds is 5. The first-order valence-corrected chi connectivity index (χ1v) is 8.75. The molecule has 0 aromatic carbocycles. The molecule has 2 heteroatoms. The normalized spacial score (nSPS) is 27.5. The molecule has 3 rings (SSSR count). The van der Waals surface area contributed by atoms with Crippen molar-refractivity contribution in [3.63, 3.8) is 0 Å². The summed E-state index contributed by atoms with van der Waals surface area (Å²) in [6.45, 7) is 9.31. The molecule has 1 aliphatic carbocycles. The highest BCUT2D eigenvalue weighted by molar-refractivity contribution is 5.28. The lowest BCUT2D eigenvalue weighted by Crippen LogP contribution is -2.26. The van der Waals surface area contributed by atoms with E-state index in [0.29, 0.717) is 23.4 Å². The molecule has 1 N–H and O–H groups in total. The van der Waals surface area contributed by atoms with Gasteiger partial charge in [-0.2, -0.15) is 0 Å². The second-order valence-electron chi connectivity index (χ2n) is 7.88. The summed E-state index contributed by atoms with van der Waals surface area (Å²) in [5.74, 6) is 1.47. The third-order valence-electron chi connectivity index (χ3n) is 5.53. The van der Waals surface area contributed by atoms with Gasteiger partial charge in [0.2, 0.25) is 0 Å². The molecular formula is C19H30N2. The minimum Gasteiger partial charge on any atom is -0.306 e. The Morgan fingerprint density at radius 3 is 2.57 bits per heavy atom.